The Morgan fingerprint density at radius 2 is 2.16 bits per heavy atom. The van der Waals surface area contributed by atoms with Crippen molar-refractivity contribution in [3.8, 4) is 11.5 Å². The first-order chi connectivity index (χ1) is 9.31. The van der Waals surface area contributed by atoms with Crippen molar-refractivity contribution >= 4 is 6.08 Å². The summed E-state index contributed by atoms with van der Waals surface area (Å²) in [4.78, 5) is 0. The van der Waals surface area contributed by atoms with E-state index in [1.54, 1.807) is 0 Å². The second-order valence-corrected chi connectivity index (χ2v) is 5.30. The topological polar surface area (TPSA) is 30.5 Å². The van der Waals surface area contributed by atoms with Crippen molar-refractivity contribution in [1.29, 1.82) is 0 Å². The molecule has 0 aromatic heterocycles. The van der Waals surface area contributed by atoms with E-state index in [-0.39, 0.29) is 5.60 Å². The quantitative estimate of drug-likeness (QED) is 0.905. The molecule has 2 heterocycles. The number of nitrogens with one attached hydrogen (secondary N) is 1. The summed E-state index contributed by atoms with van der Waals surface area (Å²) >= 11 is 0. The molecule has 3 heteroatoms. The van der Waals surface area contributed by atoms with Gasteiger partial charge < -0.3 is 14.8 Å². The van der Waals surface area contributed by atoms with E-state index in [2.05, 4.69) is 30.5 Å². The monoisotopic (exact) mass is 259 g/mol. The number of fused-ring (bicyclic) bond motifs is 1. The summed E-state index contributed by atoms with van der Waals surface area (Å²) in [5.74, 6) is 1.86. The summed E-state index contributed by atoms with van der Waals surface area (Å²) < 4.78 is 12.0. The number of hydrogen-bond donors (Lipinski definition) is 1. The van der Waals surface area contributed by atoms with Crippen LogP contribution in [0, 0.1) is 0 Å². The third-order valence-electron chi connectivity index (χ3n) is 3.79. The molecule has 1 saturated heterocycles. The van der Waals surface area contributed by atoms with Crippen LogP contribution in [0.3, 0.4) is 0 Å². The second-order valence-electron chi connectivity index (χ2n) is 5.30. The molecule has 19 heavy (non-hydrogen) atoms. The maximum atomic E-state index is 6.27. The highest BCUT2D eigenvalue weighted by Crippen LogP contribution is 2.37. The number of piperidine rings is 1. The van der Waals surface area contributed by atoms with Gasteiger partial charge in [0.15, 0.2) is 0 Å². The first-order valence-corrected chi connectivity index (χ1v) is 7.17. The van der Waals surface area contributed by atoms with Crippen LogP contribution < -0.4 is 14.8 Å². The van der Waals surface area contributed by atoms with Crippen LogP contribution in [0.25, 0.3) is 6.08 Å². The summed E-state index contributed by atoms with van der Waals surface area (Å²) in [5, 5.41) is 3.38. The first-order valence-electron chi connectivity index (χ1n) is 7.17. The molecule has 3 rings (SSSR count). The van der Waals surface area contributed by atoms with Crippen molar-refractivity contribution in [2.45, 2.75) is 31.8 Å². The zero-order valence-electron chi connectivity index (χ0n) is 11.4. The molecule has 102 valence electrons. The molecule has 0 aliphatic carbocycles. The minimum atomic E-state index is -0.109. The van der Waals surface area contributed by atoms with Crippen LogP contribution in [-0.2, 0) is 0 Å². The molecule has 1 fully saturated rings. The molecule has 0 unspecified atom stereocenters. The van der Waals surface area contributed by atoms with Gasteiger partial charge >= 0.3 is 0 Å². The number of benzene rings is 1. The van der Waals surface area contributed by atoms with E-state index < -0.39 is 0 Å². The van der Waals surface area contributed by atoms with Crippen LogP contribution in [-0.4, -0.2) is 25.3 Å². The predicted molar refractivity (Wildman–Crippen MR) is 76.7 cm³/mol. The SMILES string of the molecule is CCCOc1ccc2c(c1)OC1(C=C2)CCNCC1. The van der Waals surface area contributed by atoms with Crippen molar-refractivity contribution in [1.82, 2.24) is 5.32 Å². The molecule has 1 aromatic rings. The van der Waals surface area contributed by atoms with E-state index in [1.165, 1.54) is 0 Å². The molecule has 2 aliphatic rings. The molecule has 0 amide bonds. The van der Waals surface area contributed by atoms with E-state index in [1.807, 2.05) is 12.1 Å². The van der Waals surface area contributed by atoms with Crippen LogP contribution in [0.1, 0.15) is 31.7 Å². The van der Waals surface area contributed by atoms with E-state index in [0.29, 0.717) is 0 Å². The van der Waals surface area contributed by atoms with E-state index >= 15 is 0 Å². The molecule has 0 bridgehead atoms. The Hall–Kier alpha value is -1.48. The lowest BCUT2D eigenvalue weighted by Crippen LogP contribution is -2.45. The van der Waals surface area contributed by atoms with Crippen molar-refractivity contribution in [2.24, 2.45) is 0 Å². The van der Waals surface area contributed by atoms with Crippen molar-refractivity contribution in [3.05, 3.63) is 29.8 Å². The molecule has 1 spiro atoms. The van der Waals surface area contributed by atoms with Gasteiger partial charge in [-0.2, -0.15) is 0 Å². The average molecular weight is 259 g/mol. The number of hydrogen-bond acceptors (Lipinski definition) is 3. The fourth-order valence-electron chi connectivity index (χ4n) is 2.66. The predicted octanol–water partition coefficient (Wildman–Crippen LogP) is 3.00. The largest absolute Gasteiger partial charge is 0.493 e. The van der Waals surface area contributed by atoms with Crippen LogP contribution in [0.2, 0.25) is 0 Å². The smallest absolute Gasteiger partial charge is 0.131 e. The zero-order valence-corrected chi connectivity index (χ0v) is 11.4. The normalized spacial score (nSPS) is 19.8. The zero-order chi connectivity index (χ0) is 13.1. The maximum absolute atomic E-state index is 6.27. The standard InChI is InChI=1S/C16H21NO2/c1-2-11-18-14-4-3-13-5-6-16(19-15(13)12-14)7-9-17-10-8-16/h3-6,12,17H,2,7-11H2,1H3. The third-order valence-corrected chi connectivity index (χ3v) is 3.79. The van der Waals surface area contributed by atoms with Gasteiger partial charge in [0.25, 0.3) is 0 Å². The van der Waals surface area contributed by atoms with E-state index in [0.717, 1.165) is 56.0 Å². The molecule has 2 aliphatic heterocycles. The fraction of sp³-hybridized carbons (Fsp3) is 0.500. The molecule has 1 aromatic carbocycles. The van der Waals surface area contributed by atoms with Crippen molar-refractivity contribution < 1.29 is 9.47 Å². The van der Waals surface area contributed by atoms with Gasteiger partial charge in [0, 0.05) is 24.5 Å². The highest BCUT2D eigenvalue weighted by Gasteiger charge is 2.34. The molecule has 0 atom stereocenters. The number of rotatable bonds is 3. The van der Waals surface area contributed by atoms with Gasteiger partial charge in [0.2, 0.25) is 0 Å². The maximum Gasteiger partial charge on any atom is 0.131 e. The van der Waals surface area contributed by atoms with Gasteiger partial charge in [-0.15, -0.1) is 0 Å². The van der Waals surface area contributed by atoms with Gasteiger partial charge in [0.05, 0.1) is 6.61 Å². The van der Waals surface area contributed by atoms with Gasteiger partial charge in [-0.1, -0.05) is 13.0 Å². The summed E-state index contributed by atoms with van der Waals surface area (Å²) in [6, 6.07) is 6.12. The molecule has 1 N–H and O–H groups in total. The Morgan fingerprint density at radius 3 is 2.95 bits per heavy atom. The lowest BCUT2D eigenvalue weighted by atomic mass is 9.89. The Morgan fingerprint density at radius 1 is 1.32 bits per heavy atom. The Labute approximate surface area is 114 Å². The van der Waals surface area contributed by atoms with Crippen LogP contribution in [0.4, 0.5) is 0 Å². The van der Waals surface area contributed by atoms with E-state index in [4.69, 9.17) is 9.47 Å². The van der Waals surface area contributed by atoms with Crippen molar-refractivity contribution in [3.63, 3.8) is 0 Å². The Balaban J connectivity index is 1.81. The average Bonchev–Trinajstić information content (AvgIpc) is 2.45. The second kappa shape index (κ2) is 5.25. The molecular formula is C16H21NO2. The van der Waals surface area contributed by atoms with Gasteiger partial charge in [-0.3, -0.25) is 0 Å². The van der Waals surface area contributed by atoms with Gasteiger partial charge in [-0.25, -0.2) is 0 Å². The molecular weight excluding hydrogens is 238 g/mol. The summed E-state index contributed by atoms with van der Waals surface area (Å²) in [6.45, 7) is 4.91. The summed E-state index contributed by atoms with van der Waals surface area (Å²) in [7, 11) is 0. The lowest BCUT2D eigenvalue weighted by molar-refractivity contribution is 0.0819. The van der Waals surface area contributed by atoms with Crippen LogP contribution >= 0.6 is 0 Å². The van der Waals surface area contributed by atoms with Crippen LogP contribution in [0.5, 0.6) is 11.5 Å². The van der Waals surface area contributed by atoms with Gasteiger partial charge in [0.1, 0.15) is 17.1 Å². The highest BCUT2D eigenvalue weighted by atomic mass is 16.5. The first kappa shape index (κ1) is 12.5. The summed E-state index contributed by atoms with van der Waals surface area (Å²) in [6.07, 6.45) is 7.50. The third kappa shape index (κ3) is 2.61. The van der Waals surface area contributed by atoms with Crippen LogP contribution in [0.15, 0.2) is 24.3 Å². The Kier molecular flexibility index (Phi) is 3.47. The molecule has 3 nitrogen and oxygen atoms in total. The number of ether oxygens (including phenoxy) is 2. The fourth-order valence-corrected chi connectivity index (χ4v) is 2.66. The van der Waals surface area contributed by atoms with Gasteiger partial charge in [-0.05, 0) is 37.7 Å². The molecule has 0 radical (unpaired) electrons. The highest BCUT2D eigenvalue weighted by molar-refractivity contribution is 5.62. The Bertz CT molecular complexity index is 476. The minimum Gasteiger partial charge on any atom is -0.493 e. The summed E-state index contributed by atoms with van der Waals surface area (Å²) in [5.41, 5.74) is 1.04. The minimum absolute atomic E-state index is 0.109. The molecule has 0 saturated carbocycles. The van der Waals surface area contributed by atoms with Crippen molar-refractivity contribution in [2.75, 3.05) is 19.7 Å². The lowest BCUT2D eigenvalue weighted by Gasteiger charge is -2.38. The van der Waals surface area contributed by atoms with E-state index in [9.17, 15) is 0 Å².